The van der Waals surface area contributed by atoms with Crippen molar-refractivity contribution in [2.24, 2.45) is 7.05 Å². The van der Waals surface area contributed by atoms with Crippen LogP contribution in [0, 0.1) is 13.8 Å². The van der Waals surface area contributed by atoms with Crippen molar-refractivity contribution in [1.82, 2.24) is 24.7 Å². The zero-order chi connectivity index (χ0) is 18.8. The lowest BCUT2D eigenvalue weighted by Gasteiger charge is -2.28. The Kier molecular flexibility index (Phi) is 5.63. The summed E-state index contributed by atoms with van der Waals surface area (Å²) in [6, 6.07) is 8.62. The quantitative estimate of drug-likeness (QED) is 0.790. The first-order valence-electron chi connectivity index (χ1n) is 9.15. The standard InChI is InChI=1S/C20H29N5S/c1-14-13-16(15(2)24(14)5)19-18(17-9-6-7-10-21-17)22-20(26)25(19)12-8-11-23(3)4/h6-7,9-10,13,18-19H,8,11-12H2,1-5H3,(H,22,26). The fraction of sp³-hybridized carbons (Fsp3) is 0.500. The van der Waals surface area contributed by atoms with E-state index >= 15 is 0 Å². The third kappa shape index (κ3) is 3.62. The summed E-state index contributed by atoms with van der Waals surface area (Å²) in [5.74, 6) is 0. The zero-order valence-electron chi connectivity index (χ0n) is 16.4. The summed E-state index contributed by atoms with van der Waals surface area (Å²) in [7, 11) is 6.35. The van der Waals surface area contributed by atoms with E-state index in [4.69, 9.17) is 12.2 Å². The molecule has 140 valence electrons. The van der Waals surface area contributed by atoms with Gasteiger partial charge in [0.2, 0.25) is 0 Å². The SMILES string of the molecule is Cc1cc(C2C(c3ccccn3)NC(=S)N2CCCN(C)C)c(C)n1C. The van der Waals surface area contributed by atoms with Crippen LogP contribution >= 0.6 is 12.2 Å². The van der Waals surface area contributed by atoms with E-state index in [1.165, 1.54) is 17.0 Å². The Morgan fingerprint density at radius 3 is 2.62 bits per heavy atom. The molecule has 1 N–H and O–H groups in total. The fourth-order valence-electron chi connectivity index (χ4n) is 3.73. The number of hydrogen-bond acceptors (Lipinski definition) is 3. The lowest BCUT2D eigenvalue weighted by atomic mass is 9.96. The summed E-state index contributed by atoms with van der Waals surface area (Å²) in [4.78, 5) is 9.17. The lowest BCUT2D eigenvalue weighted by molar-refractivity contribution is 0.292. The summed E-state index contributed by atoms with van der Waals surface area (Å²) < 4.78 is 2.25. The second-order valence-electron chi connectivity index (χ2n) is 7.36. The lowest BCUT2D eigenvalue weighted by Crippen LogP contribution is -2.32. The molecule has 0 bridgehead atoms. The second kappa shape index (κ2) is 7.76. The number of nitrogens with zero attached hydrogens (tertiary/aromatic N) is 4. The monoisotopic (exact) mass is 371 g/mol. The van der Waals surface area contributed by atoms with E-state index < -0.39 is 0 Å². The minimum absolute atomic E-state index is 0.0727. The number of rotatable bonds is 6. The van der Waals surface area contributed by atoms with Gasteiger partial charge in [0.05, 0.1) is 17.8 Å². The number of nitrogens with one attached hydrogen (secondary N) is 1. The van der Waals surface area contributed by atoms with Gasteiger partial charge < -0.3 is 19.7 Å². The molecule has 5 nitrogen and oxygen atoms in total. The van der Waals surface area contributed by atoms with Crippen LogP contribution in [0.2, 0.25) is 0 Å². The molecule has 3 rings (SSSR count). The van der Waals surface area contributed by atoms with E-state index in [0.29, 0.717) is 0 Å². The molecular formula is C20H29N5S. The van der Waals surface area contributed by atoms with Gasteiger partial charge in [-0.15, -0.1) is 0 Å². The highest BCUT2D eigenvalue weighted by atomic mass is 32.1. The number of aryl methyl sites for hydroxylation is 1. The largest absolute Gasteiger partial charge is 0.352 e. The van der Waals surface area contributed by atoms with Crippen LogP contribution in [0.4, 0.5) is 0 Å². The smallest absolute Gasteiger partial charge is 0.170 e. The first-order valence-corrected chi connectivity index (χ1v) is 9.56. The van der Waals surface area contributed by atoms with Gasteiger partial charge in [-0.1, -0.05) is 6.07 Å². The molecular weight excluding hydrogens is 342 g/mol. The maximum Gasteiger partial charge on any atom is 0.170 e. The molecule has 3 heterocycles. The highest BCUT2D eigenvalue weighted by Gasteiger charge is 2.40. The fourth-order valence-corrected chi connectivity index (χ4v) is 4.06. The average molecular weight is 372 g/mol. The first-order chi connectivity index (χ1) is 12.4. The third-order valence-electron chi connectivity index (χ3n) is 5.34. The van der Waals surface area contributed by atoms with E-state index in [2.05, 4.69) is 71.8 Å². The Hall–Kier alpha value is -1.92. The van der Waals surface area contributed by atoms with E-state index in [1.54, 1.807) is 0 Å². The molecule has 1 aliphatic rings. The molecule has 0 aliphatic carbocycles. The van der Waals surface area contributed by atoms with E-state index in [1.807, 2.05) is 18.3 Å². The van der Waals surface area contributed by atoms with Gasteiger partial charge in [-0.25, -0.2) is 0 Å². The summed E-state index contributed by atoms with van der Waals surface area (Å²) >= 11 is 5.72. The van der Waals surface area contributed by atoms with E-state index in [9.17, 15) is 0 Å². The van der Waals surface area contributed by atoms with Gasteiger partial charge in [0.1, 0.15) is 0 Å². The van der Waals surface area contributed by atoms with Crippen LogP contribution in [0.15, 0.2) is 30.5 Å². The number of hydrogen-bond donors (Lipinski definition) is 1. The third-order valence-corrected chi connectivity index (χ3v) is 5.69. The van der Waals surface area contributed by atoms with Crippen molar-refractivity contribution in [2.45, 2.75) is 32.4 Å². The molecule has 26 heavy (non-hydrogen) atoms. The number of aromatic nitrogens is 2. The maximum absolute atomic E-state index is 5.72. The molecule has 0 aromatic carbocycles. The molecule has 1 saturated heterocycles. The zero-order valence-corrected chi connectivity index (χ0v) is 17.2. The van der Waals surface area contributed by atoms with Crippen LogP contribution in [0.3, 0.4) is 0 Å². The predicted molar refractivity (Wildman–Crippen MR) is 110 cm³/mol. The molecule has 2 atom stereocenters. The normalized spacial score (nSPS) is 20.1. The molecule has 0 saturated carbocycles. The Bertz CT molecular complexity index is 768. The number of thiocarbonyl (C=S) groups is 1. The second-order valence-corrected chi connectivity index (χ2v) is 7.75. The van der Waals surface area contributed by atoms with Crippen molar-refractivity contribution in [3.05, 3.63) is 53.1 Å². The summed E-state index contributed by atoms with van der Waals surface area (Å²) in [5, 5.41) is 4.36. The molecule has 1 aliphatic heterocycles. The predicted octanol–water partition coefficient (Wildman–Crippen LogP) is 2.96. The van der Waals surface area contributed by atoms with Crippen LogP contribution in [0.25, 0.3) is 0 Å². The van der Waals surface area contributed by atoms with Crippen LogP contribution in [-0.4, -0.2) is 51.6 Å². The van der Waals surface area contributed by atoms with Gasteiger partial charge in [0.15, 0.2) is 5.11 Å². The van der Waals surface area contributed by atoms with E-state index in [-0.39, 0.29) is 12.1 Å². The van der Waals surface area contributed by atoms with Gasteiger partial charge in [-0.3, -0.25) is 4.98 Å². The van der Waals surface area contributed by atoms with Gasteiger partial charge in [0.25, 0.3) is 0 Å². The van der Waals surface area contributed by atoms with Crippen molar-refractivity contribution in [1.29, 1.82) is 0 Å². The minimum atomic E-state index is 0.0727. The van der Waals surface area contributed by atoms with Crippen molar-refractivity contribution >= 4 is 17.3 Å². The van der Waals surface area contributed by atoms with Crippen molar-refractivity contribution in [3.63, 3.8) is 0 Å². The highest BCUT2D eigenvalue weighted by molar-refractivity contribution is 7.80. The summed E-state index contributed by atoms with van der Waals surface area (Å²) in [6.07, 6.45) is 2.93. The molecule has 0 amide bonds. The van der Waals surface area contributed by atoms with Crippen LogP contribution < -0.4 is 5.32 Å². The van der Waals surface area contributed by atoms with Gasteiger partial charge in [-0.2, -0.15) is 0 Å². The van der Waals surface area contributed by atoms with Gasteiger partial charge in [-0.05, 0) is 76.9 Å². The van der Waals surface area contributed by atoms with E-state index in [0.717, 1.165) is 30.3 Å². The molecule has 2 aromatic heterocycles. The van der Waals surface area contributed by atoms with Crippen LogP contribution in [0.5, 0.6) is 0 Å². The highest BCUT2D eigenvalue weighted by Crippen LogP contribution is 2.40. The molecule has 2 unspecified atom stereocenters. The Morgan fingerprint density at radius 2 is 2.04 bits per heavy atom. The Labute approximate surface area is 162 Å². The molecule has 0 spiro atoms. The van der Waals surface area contributed by atoms with Crippen molar-refractivity contribution in [2.75, 3.05) is 27.2 Å². The molecule has 6 heteroatoms. The Morgan fingerprint density at radius 1 is 1.27 bits per heavy atom. The number of pyridine rings is 1. The van der Waals surface area contributed by atoms with Gasteiger partial charge in [0, 0.05) is 31.2 Å². The first kappa shape index (κ1) is 18.9. The molecule has 1 fully saturated rings. The molecule has 0 radical (unpaired) electrons. The van der Waals surface area contributed by atoms with Crippen molar-refractivity contribution < 1.29 is 0 Å². The maximum atomic E-state index is 5.72. The summed E-state index contributed by atoms with van der Waals surface area (Å²) in [5.41, 5.74) is 4.93. The molecule has 2 aromatic rings. The van der Waals surface area contributed by atoms with Crippen LogP contribution in [-0.2, 0) is 7.05 Å². The Balaban J connectivity index is 1.97. The topological polar surface area (TPSA) is 36.3 Å². The van der Waals surface area contributed by atoms with Gasteiger partial charge >= 0.3 is 0 Å². The minimum Gasteiger partial charge on any atom is -0.352 e. The summed E-state index contributed by atoms with van der Waals surface area (Å²) in [6.45, 7) is 6.33. The van der Waals surface area contributed by atoms with Crippen LogP contribution in [0.1, 0.15) is 41.1 Å². The van der Waals surface area contributed by atoms with Crippen molar-refractivity contribution in [3.8, 4) is 0 Å². The average Bonchev–Trinajstić information content (AvgIpc) is 3.07.